The number of nitrogens with zero attached hydrogens (tertiary/aromatic N) is 5. The number of aryl methyl sites for hydroxylation is 4. The number of benzene rings is 9. The highest BCUT2D eigenvalue weighted by Crippen LogP contribution is 2.50. The molecule has 0 radical (unpaired) electrons. The molecule has 5 nitrogen and oxygen atoms in total. The summed E-state index contributed by atoms with van der Waals surface area (Å²) in [7, 11) is 0. The molecule has 0 saturated heterocycles. The molecule has 13 rings (SSSR count). The Bertz CT molecular complexity index is 4030. The van der Waals surface area contributed by atoms with Gasteiger partial charge < -0.3 is 13.7 Å². The van der Waals surface area contributed by atoms with Crippen LogP contribution in [0.1, 0.15) is 33.4 Å². The molecule has 0 bridgehead atoms. The van der Waals surface area contributed by atoms with Gasteiger partial charge in [0.2, 0.25) is 0 Å². The second-order valence-electron chi connectivity index (χ2n) is 17.8. The van der Waals surface area contributed by atoms with Gasteiger partial charge >= 0.3 is 0 Å². The van der Waals surface area contributed by atoms with Gasteiger partial charge in [0, 0.05) is 58.1 Å². The topological polar surface area (TPSA) is 62.4 Å². The van der Waals surface area contributed by atoms with Crippen molar-refractivity contribution < 1.29 is 0 Å². The number of fused-ring (bicyclic) bond motifs is 12. The molecule has 0 unspecified atom stereocenters. The van der Waals surface area contributed by atoms with Gasteiger partial charge in [-0.1, -0.05) is 107 Å². The van der Waals surface area contributed by atoms with Crippen LogP contribution in [-0.2, 0) is 0 Å². The van der Waals surface area contributed by atoms with E-state index in [1.54, 1.807) is 11.3 Å². The highest BCUT2D eigenvalue weighted by Gasteiger charge is 2.33. The van der Waals surface area contributed by atoms with E-state index < -0.39 is 0 Å². The molecule has 0 atom stereocenters. The molecule has 0 aliphatic heterocycles. The average Bonchev–Trinajstić information content (AvgIpc) is 4.06. The third-order valence-electron chi connectivity index (χ3n) is 13.7. The minimum Gasteiger partial charge on any atom is -0.307 e. The van der Waals surface area contributed by atoms with Crippen molar-refractivity contribution in [2.75, 3.05) is 0 Å². The maximum Gasteiger partial charge on any atom is 0.104 e. The van der Waals surface area contributed by atoms with Gasteiger partial charge in [-0.05, 0) is 112 Å². The lowest BCUT2D eigenvalue weighted by Crippen LogP contribution is -2.14. The first-order valence-electron chi connectivity index (χ1n) is 22.3. The maximum atomic E-state index is 12.2. The summed E-state index contributed by atoms with van der Waals surface area (Å²) in [5.41, 5.74) is 15.0. The van der Waals surface area contributed by atoms with E-state index in [1.807, 2.05) is 12.1 Å². The summed E-state index contributed by atoms with van der Waals surface area (Å²) < 4.78 is 9.20. The highest BCUT2D eigenvalue weighted by atomic mass is 32.1. The standard InChI is InChI=1S/C60H39N5S/c1-34-17-22-51-42(27-34)43-28-35(2)18-23-52(43)64(51)59-47(32-61)58(63-49-14-8-5-11-39(49)40-12-6-9-15-50(40)63)48(33-62)60(57(59)38-21-26-56-46(31-38)41-13-7-10-16-55(41)66-56)65-53-24-19-36(3)29-44(53)45-30-37(4)20-25-54(45)65/h5-31H,1-4H3. The first-order valence-corrected chi connectivity index (χ1v) is 23.1. The molecule has 310 valence electrons. The van der Waals surface area contributed by atoms with Crippen LogP contribution in [0.2, 0.25) is 0 Å². The minimum atomic E-state index is 0.416. The third-order valence-corrected chi connectivity index (χ3v) is 14.9. The molecule has 0 aliphatic rings. The zero-order valence-electron chi connectivity index (χ0n) is 36.7. The van der Waals surface area contributed by atoms with Gasteiger partial charge in [-0.25, -0.2) is 0 Å². The average molecular weight is 862 g/mol. The maximum absolute atomic E-state index is 12.2. The fraction of sp³-hybridized carbons (Fsp3) is 0.0667. The number of para-hydroxylation sites is 2. The first kappa shape index (κ1) is 38.1. The summed E-state index contributed by atoms with van der Waals surface area (Å²) in [5.74, 6) is 0. The molecule has 6 heteroatoms. The van der Waals surface area contributed by atoms with Gasteiger partial charge in [0.25, 0.3) is 0 Å². The van der Waals surface area contributed by atoms with Crippen LogP contribution in [0.25, 0.3) is 114 Å². The molecule has 0 saturated carbocycles. The molecule has 9 aromatic carbocycles. The quantitative estimate of drug-likeness (QED) is 0.177. The largest absolute Gasteiger partial charge is 0.307 e. The molecule has 0 fully saturated rings. The number of hydrogen-bond donors (Lipinski definition) is 0. The zero-order chi connectivity index (χ0) is 44.5. The lowest BCUT2D eigenvalue weighted by molar-refractivity contribution is 1.08. The van der Waals surface area contributed by atoms with Crippen molar-refractivity contribution in [1.82, 2.24) is 13.7 Å². The number of thiophene rings is 1. The SMILES string of the molecule is Cc1ccc2c(c1)c1cc(C)ccc1n2-c1c(C#N)c(-n2c3ccccc3c3ccccc32)c(C#N)c(-n2c3ccc(C)cc3c3cc(C)ccc32)c1-c1ccc2sc3ccccc3c2c1. The van der Waals surface area contributed by atoms with Crippen LogP contribution in [0.4, 0.5) is 0 Å². The van der Waals surface area contributed by atoms with Crippen LogP contribution in [0.5, 0.6) is 0 Å². The van der Waals surface area contributed by atoms with Crippen LogP contribution in [0.3, 0.4) is 0 Å². The van der Waals surface area contributed by atoms with Crippen molar-refractivity contribution in [3.63, 3.8) is 0 Å². The predicted octanol–water partition coefficient (Wildman–Crippen LogP) is 16.0. The smallest absolute Gasteiger partial charge is 0.104 e. The lowest BCUT2D eigenvalue weighted by Gasteiger charge is -2.26. The van der Waals surface area contributed by atoms with E-state index in [9.17, 15) is 10.5 Å². The van der Waals surface area contributed by atoms with E-state index >= 15 is 0 Å². The molecule has 4 heterocycles. The Morgan fingerprint density at radius 3 is 1.18 bits per heavy atom. The molecule has 0 spiro atoms. The Hall–Kier alpha value is -8.42. The Balaban J connectivity index is 1.36. The molecular weight excluding hydrogens is 823 g/mol. The van der Waals surface area contributed by atoms with E-state index in [2.05, 4.69) is 205 Å². The summed E-state index contributed by atoms with van der Waals surface area (Å²) in [4.78, 5) is 0. The van der Waals surface area contributed by atoms with Crippen molar-refractivity contribution >= 4 is 96.9 Å². The molecule has 0 amide bonds. The Kier molecular flexibility index (Phi) is 8.10. The van der Waals surface area contributed by atoms with Crippen molar-refractivity contribution in [3.8, 4) is 40.3 Å². The fourth-order valence-electron chi connectivity index (χ4n) is 10.9. The van der Waals surface area contributed by atoms with E-state index in [4.69, 9.17) is 0 Å². The van der Waals surface area contributed by atoms with Gasteiger partial charge in [0.05, 0.1) is 50.2 Å². The van der Waals surface area contributed by atoms with Crippen LogP contribution in [0, 0.1) is 50.4 Å². The van der Waals surface area contributed by atoms with Gasteiger partial charge in [-0.2, -0.15) is 10.5 Å². The van der Waals surface area contributed by atoms with Gasteiger partial charge in [-0.15, -0.1) is 11.3 Å². The molecular formula is C60H39N5S. The van der Waals surface area contributed by atoms with Crippen LogP contribution >= 0.6 is 11.3 Å². The third kappa shape index (κ3) is 5.25. The zero-order valence-corrected chi connectivity index (χ0v) is 37.5. The predicted molar refractivity (Wildman–Crippen MR) is 276 cm³/mol. The van der Waals surface area contributed by atoms with Crippen LogP contribution < -0.4 is 0 Å². The van der Waals surface area contributed by atoms with E-state index in [1.165, 1.54) is 14.8 Å². The Morgan fingerprint density at radius 2 is 0.727 bits per heavy atom. The number of aromatic nitrogens is 3. The lowest BCUT2D eigenvalue weighted by atomic mass is 9.91. The first-order chi connectivity index (χ1) is 32.3. The molecule has 0 N–H and O–H groups in total. The van der Waals surface area contributed by atoms with Crippen molar-refractivity contribution in [2.45, 2.75) is 27.7 Å². The number of nitriles is 2. The molecule has 4 aromatic heterocycles. The summed E-state index contributed by atoms with van der Waals surface area (Å²) in [6.07, 6.45) is 0. The Labute approximate surface area is 384 Å². The van der Waals surface area contributed by atoms with Crippen molar-refractivity contribution in [1.29, 1.82) is 10.5 Å². The van der Waals surface area contributed by atoms with E-state index in [0.717, 1.165) is 116 Å². The summed E-state index contributed by atoms with van der Waals surface area (Å²) >= 11 is 1.78. The number of hydrogen-bond acceptors (Lipinski definition) is 3. The van der Waals surface area contributed by atoms with E-state index in [-0.39, 0.29) is 0 Å². The second kappa shape index (κ2) is 14.0. The normalized spacial score (nSPS) is 11.9. The summed E-state index contributed by atoms with van der Waals surface area (Å²) in [6, 6.07) is 64.2. The second-order valence-corrected chi connectivity index (χ2v) is 18.9. The van der Waals surface area contributed by atoms with Gasteiger partial charge in [0.15, 0.2) is 0 Å². The molecule has 13 aromatic rings. The van der Waals surface area contributed by atoms with Gasteiger partial charge in [-0.3, -0.25) is 0 Å². The summed E-state index contributed by atoms with van der Waals surface area (Å²) in [6.45, 7) is 8.54. The van der Waals surface area contributed by atoms with Crippen molar-refractivity contribution in [3.05, 3.63) is 197 Å². The fourth-order valence-corrected chi connectivity index (χ4v) is 12.0. The van der Waals surface area contributed by atoms with Crippen molar-refractivity contribution in [2.24, 2.45) is 0 Å². The summed E-state index contributed by atoms with van der Waals surface area (Å²) in [5, 5.41) is 33.2. The van der Waals surface area contributed by atoms with Crippen LogP contribution in [0.15, 0.2) is 164 Å². The number of rotatable bonds is 4. The highest BCUT2D eigenvalue weighted by molar-refractivity contribution is 7.25. The van der Waals surface area contributed by atoms with Crippen LogP contribution in [-0.4, -0.2) is 13.7 Å². The Morgan fingerprint density at radius 1 is 0.348 bits per heavy atom. The molecule has 0 aliphatic carbocycles. The molecule has 66 heavy (non-hydrogen) atoms. The van der Waals surface area contributed by atoms with E-state index in [0.29, 0.717) is 16.8 Å². The minimum absolute atomic E-state index is 0.416. The monoisotopic (exact) mass is 861 g/mol. The van der Waals surface area contributed by atoms with Gasteiger partial charge in [0.1, 0.15) is 23.3 Å².